The Morgan fingerprint density at radius 2 is 1.90 bits per heavy atom. The van der Waals surface area contributed by atoms with E-state index in [4.69, 9.17) is 5.26 Å². The zero-order valence-corrected chi connectivity index (χ0v) is 16.7. The van der Waals surface area contributed by atoms with Crippen molar-refractivity contribution in [1.82, 2.24) is 4.31 Å². The van der Waals surface area contributed by atoms with Gasteiger partial charge < -0.3 is 10.2 Å². The second-order valence-corrected chi connectivity index (χ2v) is 8.86. The van der Waals surface area contributed by atoms with E-state index < -0.39 is 15.8 Å². The van der Waals surface area contributed by atoms with Gasteiger partial charge in [-0.3, -0.25) is 4.79 Å². The van der Waals surface area contributed by atoms with Crippen LogP contribution in [0.2, 0.25) is 0 Å². The molecular weight excluding hydrogens is 395 g/mol. The first-order valence-corrected chi connectivity index (χ1v) is 10.7. The molecule has 1 fully saturated rings. The van der Waals surface area contributed by atoms with Gasteiger partial charge >= 0.3 is 0 Å². The normalized spacial score (nSPS) is 16.7. The van der Waals surface area contributed by atoms with E-state index in [-0.39, 0.29) is 29.9 Å². The zero-order chi connectivity index (χ0) is 21.0. The predicted octanol–water partition coefficient (Wildman–Crippen LogP) is 0.614. The highest BCUT2D eigenvalue weighted by atomic mass is 32.2. The van der Waals surface area contributed by atoms with E-state index in [9.17, 15) is 17.6 Å². The second kappa shape index (κ2) is 8.69. The van der Waals surface area contributed by atoms with Crippen molar-refractivity contribution >= 4 is 21.6 Å². The van der Waals surface area contributed by atoms with Crippen molar-refractivity contribution in [3.05, 3.63) is 59.9 Å². The van der Waals surface area contributed by atoms with Crippen LogP contribution in [0.5, 0.6) is 0 Å². The molecule has 7 nitrogen and oxygen atoms in total. The van der Waals surface area contributed by atoms with E-state index in [2.05, 4.69) is 5.32 Å². The molecule has 1 amide bonds. The Morgan fingerprint density at radius 1 is 1.21 bits per heavy atom. The number of carbonyl (C=O) groups is 1. The van der Waals surface area contributed by atoms with Crippen LogP contribution in [0.1, 0.15) is 12.5 Å². The van der Waals surface area contributed by atoms with Crippen molar-refractivity contribution < 1.29 is 22.5 Å². The average molecular weight is 417 g/mol. The summed E-state index contributed by atoms with van der Waals surface area (Å²) in [5, 5.41) is 11.8. The number of piperazine rings is 1. The van der Waals surface area contributed by atoms with Crippen LogP contribution in [0.3, 0.4) is 0 Å². The molecule has 152 valence electrons. The van der Waals surface area contributed by atoms with Gasteiger partial charge in [-0.2, -0.15) is 9.57 Å². The van der Waals surface area contributed by atoms with E-state index in [1.165, 1.54) is 22.5 Å². The summed E-state index contributed by atoms with van der Waals surface area (Å²) in [5.41, 5.74) is 1.01. The van der Waals surface area contributed by atoms with Gasteiger partial charge in [0.1, 0.15) is 5.82 Å². The predicted molar refractivity (Wildman–Crippen MR) is 105 cm³/mol. The van der Waals surface area contributed by atoms with E-state index in [1.807, 2.05) is 6.07 Å². The number of rotatable bonds is 5. The van der Waals surface area contributed by atoms with Crippen LogP contribution in [-0.4, -0.2) is 50.9 Å². The van der Waals surface area contributed by atoms with E-state index >= 15 is 0 Å². The van der Waals surface area contributed by atoms with Gasteiger partial charge in [0.2, 0.25) is 10.0 Å². The molecule has 0 spiro atoms. The maximum absolute atomic E-state index is 13.4. The monoisotopic (exact) mass is 417 g/mol. The van der Waals surface area contributed by atoms with Gasteiger partial charge in [-0.1, -0.05) is 12.1 Å². The van der Waals surface area contributed by atoms with E-state index in [1.54, 1.807) is 31.2 Å². The zero-order valence-electron chi connectivity index (χ0n) is 15.9. The number of hydrogen-bond acceptors (Lipinski definition) is 4. The molecule has 0 aliphatic carbocycles. The minimum Gasteiger partial charge on any atom is -0.323 e. The van der Waals surface area contributed by atoms with Gasteiger partial charge in [-0.05, 0) is 43.3 Å². The standard InChI is InChI=1S/C20H21FN4O3S/c1-15(20(26)23-18-6-2-4-16(12-18)14-22)24-8-10-25(11-9-24)29(27,28)19-7-3-5-17(21)13-19/h2-7,12-13,15H,8-11H2,1H3,(H,23,26)/p+1/t15-/m0/s1. The van der Waals surface area contributed by atoms with Gasteiger partial charge in [0.15, 0.2) is 6.04 Å². The van der Waals surface area contributed by atoms with Crippen LogP contribution >= 0.6 is 0 Å². The number of nitriles is 1. The molecule has 0 unspecified atom stereocenters. The molecule has 0 radical (unpaired) electrons. The Morgan fingerprint density at radius 3 is 2.55 bits per heavy atom. The van der Waals surface area contributed by atoms with Crippen molar-refractivity contribution in [3.8, 4) is 6.07 Å². The van der Waals surface area contributed by atoms with Crippen LogP contribution in [0, 0.1) is 17.1 Å². The van der Waals surface area contributed by atoms with Gasteiger partial charge in [0.25, 0.3) is 5.91 Å². The largest absolute Gasteiger partial charge is 0.323 e. The number of benzene rings is 2. The molecule has 1 saturated heterocycles. The van der Waals surface area contributed by atoms with Crippen molar-refractivity contribution in [3.63, 3.8) is 0 Å². The first kappa shape index (κ1) is 20.9. The van der Waals surface area contributed by atoms with Gasteiger partial charge in [0, 0.05) is 5.69 Å². The molecule has 2 aromatic carbocycles. The Bertz CT molecular complexity index is 1040. The lowest BCUT2D eigenvalue weighted by molar-refractivity contribution is -0.917. The maximum Gasteiger partial charge on any atom is 0.282 e. The first-order valence-electron chi connectivity index (χ1n) is 9.22. The highest BCUT2D eigenvalue weighted by Crippen LogP contribution is 2.16. The quantitative estimate of drug-likeness (QED) is 0.746. The van der Waals surface area contributed by atoms with E-state index in [0.717, 1.165) is 11.0 Å². The van der Waals surface area contributed by atoms with Crippen LogP contribution in [-0.2, 0) is 14.8 Å². The van der Waals surface area contributed by atoms with Crippen LogP contribution in [0.4, 0.5) is 10.1 Å². The molecule has 1 heterocycles. The van der Waals surface area contributed by atoms with Crippen LogP contribution in [0.25, 0.3) is 0 Å². The fourth-order valence-electron chi connectivity index (χ4n) is 3.33. The molecule has 0 saturated carbocycles. The Balaban J connectivity index is 1.61. The summed E-state index contributed by atoms with van der Waals surface area (Å²) in [6.07, 6.45) is 0. The number of sulfonamides is 1. The lowest BCUT2D eigenvalue weighted by Gasteiger charge is -2.34. The number of quaternary nitrogens is 1. The molecule has 2 aromatic rings. The summed E-state index contributed by atoms with van der Waals surface area (Å²) >= 11 is 0. The summed E-state index contributed by atoms with van der Waals surface area (Å²) in [6.45, 7) is 3.20. The number of amides is 1. The van der Waals surface area contributed by atoms with Crippen molar-refractivity contribution in [2.24, 2.45) is 0 Å². The Labute approximate surface area is 169 Å². The molecule has 29 heavy (non-hydrogen) atoms. The fourth-order valence-corrected chi connectivity index (χ4v) is 4.80. The Kier molecular flexibility index (Phi) is 6.27. The molecule has 1 aliphatic heterocycles. The van der Waals surface area contributed by atoms with Gasteiger partial charge in [0.05, 0.1) is 42.7 Å². The summed E-state index contributed by atoms with van der Waals surface area (Å²) < 4.78 is 40.1. The molecule has 0 bridgehead atoms. The molecule has 1 atom stereocenters. The fraction of sp³-hybridized carbons (Fsp3) is 0.300. The number of anilines is 1. The number of halogens is 1. The third-order valence-corrected chi connectivity index (χ3v) is 6.96. The van der Waals surface area contributed by atoms with Gasteiger partial charge in [-0.25, -0.2) is 12.8 Å². The highest BCUT2D eigenvalue weighted by Gasteiger charge is 2.34. The summed E-state index contributed by atoms with van der Waals surface area (Å²) in [4.78, 5) is 13.5. The average Bonchev–Trinajstić information content (AvgIpc) is 2.73. The molecule has 1 aliphatic rings. The SMILES string of the molecule is C[C@@H](C(=O)Nc1cccc(C#N)c1)[NH+]1CCN(S(=O)(=O)c2cccc(F)c2)CC1. The van der Waals surface area contributed by atoms with Crippen LogP contribution < -0.4 is 10.2 Å². The number of nitrogens with one attached hydrogen (secondary N) is 2. The summed E-state index contributed by atoms with van der Waals surface area (Å²) in [5.74, 6) is -0.794. The minimum atomic E-state index is -3.76. The topological polar surface area (TPSA) is 94.7 Å². The lowest BCUT2D eigenvalue weighted by Crippen LogP contribution is -3.19. The van der Waals surface area contributed by atoms with Crippen molar-refractivity contribution in [2.45, 2.75) is 17.9 Å². The van der Waals surface area contributed by atoms with Crippen molar-refractivity contribution in [1.29, 1.82) is 5.26 Å². The number of hydrogen-bond donors (Lipinski definition) is 2. The lowest BCUT2D eigenvalue weighted by atomic mass is 10.2. The third kappa shape index (κ3) is 4.79. The maximum atomic E-state index is 13.4. The Hall–Kier alpha value is -2.80. The second-order valence-electron chi connectivity index (χ2n) is 6.92. The van der Waals surface area contributed by atoms with Crippen molar-refractivity contribution in [2.75, 3.05) is 31.5 Å². The summed E-state index contributed by atoms with van der Waals surface area (Å²) in [7, 11) is -3.76. The highest BCUT2D eigenvalue weighted by molar-refractivity contribution is 7.89. The van der Waals surface area contributed by atoms with Gasteiger partial charge in [-0.15, -0.1) is 0 Å². The molecule has 2 N–H and O–H groups in total. The smallest absolute Gasteiger partial charge is 0.282 e. The molecule has 3 rings (SSSR count). The molecule has 9 heteroatoms. The van der Waals surface area contributed by atoms with Crippen LogP contribution in [0.15, 0.2) is 53.4 Å². The first-order chi connectivity index (χ1) is 13.8. The molecule has 0 aromatic heterocycles. The number of carbonyl (C=O) groups excluding carboxylic acids is 1. The summed E-state index contributed by atoms with van der Waals surface area (Å²) in [6, 6.07) is 13.3. The molecular formula is C20H22FN4O3S+. The van der Waals surface area contributed by atoms with E-state index in [0.29, 0.717) is 24.3 Å². The minimum absolute atomic E-state index is 0.0656. The third-order valence-electron chi connectivity index (χ3n) is 5.06. The number of nitrogens with zero attached hydrogens (tertiary/aromatic N) is 2.